The SMILES string of the molecule is O=C1NC(=S)N(c2cccc(Cl)c2Cl)C(=O)/C1=C/c1ccc(Cl)c(Cl)c1. The molecule has 0 radical (unpaired) electrons. The Hall–Kier alpha value is -1.63. The van der Waals surface area contributed by atoms with E-state index in [1.54, 1.807) is 36.4 Å². The third-order valence-electron chi connectivity index (χ3n) is 3.53. The Morgan fingerprint density at radius 1 is 0.962 bits per heavy atom. The van der Waals surface area contributed by atoms with Crippen LogP contribution >= 0.6 is 58.6 Å². The largest absolute Gasteiger partial charge is 0.298 e. The van der Waals surface area contributed by atoms with E-state index in [9.17, 15) is 9.59 Å². The highest BCUT2D eigenvalue weighted by molar-refractivity contribution is 7.80. The van der Waals surface area contributed by atoms with Crippen LogP contribution in [-0.4, -0.2) is 16.9 Å². The van der Waals surface area contributed by atoms with Crippen molar-refractivity contribution in [1.82, 2.24) is 5.32 Å². The number of hydrogen-bond acceptors (Lipinski definition) is 3. The summed E-state index contributed by atoms with van der Waals surface area (Å²) >= 11 is 29.2. The summed E-state index contributed by atoms with van der Waals surface area (Å²) in [6.07, 6.45) is 1.40. The van der Waals surface area contributed by atoms with Gasteiger partial charge in [0.2, 0.25) is 0 Å². The van der Waals surface area contributed by atoms with Crippen LogP contribution in [0.15, 0.2) is 42.0 Å². The summed E-state index contributed by atoms with van der Waals surface area (Å²) in [5.41, 5.74) is 0.671. The van der Waals surface area contributed by atoms with E-state index in [1.807, 2.05) is 0 Å². The van der Waals surface area contributed by atoms with Gasteiger partial charge >= 0.3 is 0 Å². The van der Waals surface area contributed by atoms with Crippen molar-refractivity contribution < 1.29 is 9.59 Å². The lowest BCUT2D eigenvalue weighted by Crippen LogP contribution is -2.54. The van der Waals surface area contributed by atoms with Crippen LogP contribution < -0.4 is 10.2 Å². The van der Waals surface area contributed by atoms with E-state index in [-0.39, 0.29) is 26.4 Å². The zero-order valence-corrected chi connectivity index (χ0v) is 16.6. The van der Waals surface area contributed by atoms with E-state index in [4.69, 9.17) is 58.6 Å². The number of nitrogens with one attached hydrogen (secondary N) is 1. The van der Waals surface area contributed by atoms with Gasteiger partial charge in [-0.2, -0.15) is 0 Å². The van der Waals surface area contributed by atoms with Gasteiger partial charge in [0, 0.05) is 0 Å². The first kappa shape index (κ1) is 19.1. The second-order valence-electron chi connectivity index (χ2n) is 5.20. The molecule has 0 unspecified atom stereocenters. The smallest absolute Gasteiger partial charge is 0.270 e. The number of amides is 2. The summed E-state index contributed by atoms with van der Waals surface area (Å²) in [4.78, 5) is 26.3. The Kier molecular flexibility index (Phi) is 5.55. The third kappa shape index (κ3) is 3.59. The molecule has 2 amide bonds. The Bertz CT molecular complexity index is 991. The topological polar surface area (TPSA) is 49.4 Å². The number of nitrogens with zero attached hydrogens (tertiary/aromatic N) is 1. The molecule has 2 aromatic rings. The Morgan fingerprint density at radius 3 is 2.38 bits per heavy atom. The normalized spacial score (nSPS) is 16.2. The van der Waals surface area contributed by atoms with Crippen molar-refractivity contribution in [1.29, 1.82) is 0 Å². The van der Waals surface area contributed by atoms with Crippen LogP contribution in [0.25, 0.3) is 6.08 Å². The first-order valence-electron chi connectivity index (χ1n) is 7.10. The summed E-state index contributed by atoms with van der Waals surface area (Å²) in [6, 6.07) is 9.52. The molecule has 3 rings (SSSR count). The highest BCUT2D eigenvalue weighted by Gasteiger charge is 2.35. The van der Waals surface area contributed by atoms with Gasteiger partial charge in [-0.3, -0.25) is 19.8 Å². The van der Waals surface area contributed by atoms with E-state index in [2.05, 4.69) is 5.32 Å². The molecule has 1 N–H and O–H groups in total. The number of hydrogen-bond donors (Lipinski definition) is 1. The summed E-state index contributed by atoms with van der Waals surface area (Å²) in [5, 5.41) is 3.45. The Morgan fingerprint density at radius 2 is 1.69 bits per heavy atom. The average molecular weight is 446 g/mol. The summed E-state index contributed by atoms with van der Waals surface area (Å²) in [7, 11) is 0. The molecule has 1 fully saturated rings. The average Bonchev–Trinajstić information content (AvgIpc) is 2.58. The monoisotopic (exact) mass is 444 g/mol. The van der Waals surface area contributed by atoms with Crippen molar-refractivity contribution in [3.05, 3.63) is 67.6 Å². The number of anilines is 1. The van der Waals surface area contributed by atoms with Crippen molar-refractivity contribution >= 4 is 87.3 Å². The molecule has 0 bridgehead atoms. The molecule has 0 spiro atoms. The minimum absolute atomic E-state index is 0.0875. The van der Waals surface area contributed by atoms with Crippen LogP contribution in [0.2, 0.25) is 20.1 Å². The van der Waals surface area contributed by atoms with Crippen molar-refractivity contribution in [2.45, 2.75) is 0 Å². The van der Waals surface area contributed by atoms with Crippen molar-refractivity contribution in [3.8, 4) is 0 Å². The second kappa shape index (κ2) is 7.55. The summed E-state index contributed by atoms with van der Waals surface area (Å²) < 4.78 is 0. The van der Waals surface area contributed by atoms with Gasteiger partial charge in [0.1, 0.15) is 5.57 Å². The fourth-order valence-corrected chi connectivity index (χ4v) is 3.27. The maximum atomic E-state index is 12.9. The lowest BCUT2D eigenvalue weighted by molar-refractivity contribution is -0.122. The summed E-state index contributed by atoms with van der Waals surface area (Å²) in [6.45, 7) is 0. The minimum atomic E-state index is -0.631. The highest BCUT2D eigenvalue weighted by Crippen LogP contribution is 2.34. The lowest BCUT2D eigenvalue weighted by atomic mass is 10.1. The molecule has 1 saturated heterocycles. The van der Waals surface area contributed by atoms with E-state index in [0.717, 1.165) is 4.90 Å². The first-order valence-corrected chi connectivity index (χ1v) is 9.02. The standard InChI is InChI=1S/C17H8Cl4N2O2S/c18-10-5-4-8(7-12(10)20)6-9-15(24)22-17(26)23(16(9)25)13-3-1-2-11(19)14(13)21/h1-7H,(H,22,24,26)/b9-6+. The molecular formula is C17H8Cl4N2O2S. The molecule has 2 aromatic carbocycles. The van der Waals surface area contributed by atoms with Crippen LogP contribution in [0.1, 0.15) is 5.56 Å². The van der Waals surface area contributed by atoms with Crippen LogP contribution in [0.4, 0.5) is 5.69 Å². The molecule has 4 nitrogen and oxygen atoms in total. The van der Waals surface area contributed by atoms with Gasteiger partial charge in [0.15, 0.2) is 5.11 Å². The molecule has 132 valence electrons. The summed E-state index contributed by atoms with van der Waals surface area (Å²) in [5.74, 6) is -1.26. The third-order valence-corrected chi connectivity index (χ3v) is 5.36. The van der Waals surface area contributed by atoms with Crippen molar-refractivity contribution in [3.63, 3.8) is 0 Å². The fourth-order valence-electron chi connectivity index (χ4n) is 2.31. The number of halogens is 4. The van der Waals surface area contributed by atoms with E-state index < -0.39 is 11.8 Å². The molecule has 26 heavy (non-hydrogen) atoms. The van der Waals surface area contributed by atoms with Gasteiger partial charge in [-0.05, 0) is 48.1 Å². The van der Waals surface area contributed by atoms with Crippen LogP contribution in [0.3, 0.4) is 0 Å². The number of carbonyl (C=O) groups excluding carboxylic acids is 2. The minimum Gasteiger partial charge on any atom is -0.298 e. The molecule has 1 aliphatic heterocycles. The Labute approximate surface area is 174 Å². The maximum Gasteiger partial charge on any atom is 0.270 e. The van der Waals surface area contributed by atoms with Gasteiger partial charge in [-0.15, -0.1) is 0 Å². The zero-order chi connectivity index (χ0) is 19.0. The van der Waals surface area contributed by atoms with Gasteiger partial charge in [0.25, 0.3) is 11.8 Å². The predicted molar refractivity (Wildman–Crippen MR) is 109 cm³/mol. The zero-order valence-electron chi connectivity index (χ0n) is 12.7. The molecule has 0 saturated carbocycles. The molecule has 0 aromatic heterocycles. The van der Waals surface area contributed by atoms with Gasteiger partial charge in [-0.25, -0.2) is 0 Å². The fraction of sp³-hybridized carbons (Fsp3) is 0. The molecule has 0 aliphatic carbocycles. The molecule has 0 atom stereocenters. The van der Waals surface area contributed by atoms with Crippen LogP contribution in [-0.2, 0) is 9.59 Å². The quantitative estimate of drug-likeness (QED) is 0.396. The first-order chi connectivity index (χ1) is 12.3. The Balaban J connectivity index is 2.07. The molecule has 1 heterocycles. The number of carbonyl (C=O) groups is 2. The van der Waals surface area contributed by atoms with Gasteiger partial charge in [-0.1, -0.05) is 58.5 Å². The van der Waals surface area contributed by atoms with E-state index in [0.29, 0.717) is 15.6 Å². The second-order valence-corrected chi connectivity index (χ2v) is 7.19. The van der Waals surface area contributed by atoms with E-state index in [1.165, 1.54) is 6.08 Å². The van der Waals surface area contributed by atoms with E-state index >= 15 is 0 Å². The predicted octanol–water partition coefficient (Wildman–Crippen LogP) is 5.13. The maximum absolute atomic E-state index is 12.9. The molecular weight excluding hydrogens is 438 g/mol. The number of thiocarbonyl (C=S) groups is 1. The van der Waals surface area contributed by atoms with Gasteiger partial charge < -0.3 is 0 Å². The van der Waals surface area contributed by atoms with Crippen LogP contribution in [0.5, 0.6) is 0 Å². The highest BCUT2D eigenvalue weighted by atomic mass is 35.5. The van der Waals surface area contributed by atoms with Crippen molar-refractivity contribution in [2.24, 2.45) is 0 Å². The lowest BCUT2D eigenvalue weighted by Gasteiger charge is -2.29. The molecule has 9 heteroatoms. The molecule has 1 aliphatic rings. The van der Waals surface area contributed by atoms with Crippen molar-refractivity contribution in [2.75, 3.05) is 4.90 Å². The number of benzene rings is 2. The van der Waals surface area contributed by atoms with Gasteiger partial charge in [0.05, 0.1) is 25.8 Å². The van der Waals surface area contributed by atoms with Crippen LogP contribution in [0, 0.1) is 0 Å². The number of rotatable bonds is 2.